The molecule has 1 aromatic rings. The number of hydrogen-bond acceptors (Lipinski definition) is 5. The molecular formula is C17H23N3O4. The van der Waals surface area contributed by atoms with Crippen LogP contribution in [0.5, 0.6) is 0 Å². The zero-order chi connectivity index (χ0) is 17.6. The van der Waals surface area contributed by atoms with E-state index in [4.69, 9.17) is 0 Å². The monoisotopic (exact) mass is 333 g/mol. The first-order chi connectivity index (χ1) is 11.3. The highest BCUT2D eigenvalue weighted by molar-refractivity contribution is 6.07. The topological polar surface area (TPSA) is 102 Å². The third-order valence-electron chi connectivity index (χ3n) is 4.89. The van der Waals surface area contributed by atoms with Crippen LogP contribution in [-0.4, -0.2) is 47.8 Å². The average Bonchev–Trinajstić information content (AvgIpc) is 2.78. The minimum atomic E-state index is -1.78. The quantitative estimate of drug-likeness (QED) is 0.618. The van der Waals surface area contributed by atoms with Gasteiger partial charge in [-0.05, 0) is 18.1 Å². The molecule has 0 unspecified atom stereocenters. The van der Waals surface area contributed by atoms with Gasteiger partial charge in [0.1, 0.15) is 6.04 Å². The van der Waals surface area contributed by atoms with Gasteiger partial charge in [-0.15, -0.1) is 0 Å². The Morgan fingerprint density at radius 2 is 2.08 bits per heavy atom. The molecule has 0 bridgehead atoms. The highest BCUT2D eigenvalue weighted by Gasteiger charge is 2.50. The molecule has 7 heteroatoms. The van der Waals surface area contributed by atoms with Crippen molar-refractivity contribution in [1.29, 1.82) is 0 Å². The fourth-order valence-electron chi connectivity index (χ4n) is 3.79. The highest BCUT2D eigenvalue weighted by Crippen LogP contribution is 2.45. The van der Waals surface area contributed by atoms with Crippen LogP contribution in [0, 0.1) is 5.92 Å². The molecule has 0 saturated heterocycles. The Labute approximate surface area is 140 Å². The second-order valence-electron chi connectivity index (χ2n) is 6.91. The normalized spacial score (nSPS) is 29.5. The second-order valence-corrected chi connectivity index (χ2v) is 6.91. The number of rotatable bonds is 2. The zero-order valence-corrected chi connectivity index (χ0v) is 14.0. The van der Waals surface area contributed by atoms with Crippen LogP contribution in [-0.2, 0) is 15.2 Å². The van der Waals surface area contributed by atoms with Gasteiger partial charge in [0.05, 0.1) is 12.6 Å². The van der Waals surface area contributed by atoms with Crippen molar-refractivity contribution >= 4 is 23.2 Å². The minimum Gasteiger partial charge on any atom is -0.394 e. The van der Waals surface area contributed by atoms with Crippen molar-refractivity contribution in [2.24, 2.45) is 5.92 Å². The van der Waals surface area contributed by atoms with E-state index in [1.54, 1.807) is 30.1 Å². The molecule has 0 spiro atoms. The Balaban J connectivity index is 2.23. The summed E-state index contributed by atoms with van der Waals surface area (Å²) < 4.78 is 0. The smallest absolute Gasteiger partial charge is 0.261 e. The number of carbonyl (C=O) groups is 2. The maximum absolute atomic E-state index is 12.7. The molecule has 2 aliphatic heterocycles. The lowest BCUT2D eigenvalue weighted by molar-refractivity contribution is -0.136. The summed E-state index contributed by atoms with van der Waals surface area (Å²) in [5.74, 6) is -0.761. The first kappa shape index (κ1) is 16.7. The van der Waals surface area contributed by atoms with Gasteiger partial charge in [-0.25, -0.2) is 0 Å². The molecule has 2 aliphatic rings. The van der Waals surface area contributed by atoms with E-state index in [1.807, 2.05) is 13.8 Å². The number of likely N-dealkylation sites (N-methyl/N-ethyl adjacent to an activating group) is 1. The fraction of sp³-hybridized carbons (Fsp3) is 0.529. The van der Waals surface area contributed by atoms with E-state index in [0.29, 0.717) is 16.9 Å². The van der Waals surface area contributed by atoms with E-state index in [2.05, 4.69) is 10.6 Å². The number of amides is 2. The summed E-state index contributed by atoms with van der Waals surface area (Å²) in [4.78, 5) is 26.9. The lowest BCUT2D eigenvalue weighted by Crippen LogP contribution is -2.52. The van der Waals surface area contributed by atoms with Gasteiger partial charge in [0.25, 0.3) is 5.91 Å². The lowest BCUT2D eigenvalue weighted by Gasteiger charge is -2.33. The molecule has 2 heterocycles. The number of hydrogen-bond donors (Lipinski definition) is 4. The predicted molar refractivity (Wildman–Crippen MR) is 89.6 cm³/mol. The standard InChI is InChI=1S/C17H23N3O4/c1-9(2)14-15(22)18-10(8-21)7-17(24)13-11(19-16(17)23)5-4-6-12(13)20(14)3/h4-6,9-10,14,21,24H,7-8H2,1-3H3,(H,18,22)(H,19,23)/t10-,14-,17-/m0/s1. The third kappa shape index (κ3) is 2.35. The van der Waals surface area contributed by atoms with Crippen LogP contribution >= 0.6 is 0 Å². The van der Waals surface area contributed by atoms with Gasteiger partial charge in [0.15, 0.2) is 5.60 Å². The summed E-state index contributed by atoms with van der Waals surface area (Å²) in [7, 11) is 1.78. The number of benzene rings is 1. The Hall–Kier alpha value is -2.12. The van der Waals surface area contributed by atoms with E-state index in [0.717, 1.165) is 0 Å². The molecule has 4 N–H and O–H groups in total. The summed E-state index contributed by atoms with van der Waals surface area (Å²) in [5, 5.41) is 26.2. The van der Waals surface area contributed by atoms with Crippen molar-refractivity contribution in [3.05, 3.63) is 23.8 Å². The number of anilines is 2. The molecule has 130 valence electrons. The Bertz CT molecular complexity index is 690. The number of nitrogens with one attached hydrogen (secondary N) is 2. The minimum absolute atomic E-state index is 0.00135. The number of carbonyl (C=O) groups excluding carboxylic acids is 2. The van der Waals surface area contributed by atoms with E-state index >= 15 is 0 Å². The Kier molecular flexibility index (Phi) is 4.01. The molecule has 0 aromatic heterocycles. The van der Waals surface area contributed by atoms with Crippen molar-refractivity contribution in [2.75, 3.05) is 23.9 Å². The number of aliphatic hydroxyl groups is 2. The van der Waals surface area contributed by atoms with E-state index in [9.17, 15) is 19.8 Å². The summed E-state index contributed by atoms with van der Waals surface area (Å²) in [6, 6.07) is 4.12. The second kappa shape index (κ2) is 5.75. The van der Waals surface area contributed by atoms with Crippen molar-refractivity contribution in [3.8, 4) is 0 Å². The molecule has 3 rings (SSSR count). The van der Waals surface area contributed by atoms with Crippen LogP contribution in [0.15, 0.2) is 18.2 Å². The molecular weight excluding hydrogens is 310 g/mol. The van der Waals surface area contributed by atoms with Gasteiger partial charge in [0, 0.05) is 30.4 Å². The van der Waals surface area contributed by atoms with Crippen molar-refractivity contribution < 1.29 is 19.8 Å². The van der Waals surface area contributed by atoms with Crippen LogP contribution in [0.3, 0.4) is 0 Å². The van der Waals surface area contributed by atoms with Gasteiger partial charge < -0.3 is 25.7 Å². The van der Waals surface area contributed by atoms with Gasteiger partial charge in [0.2, 0.25) is 5.91 Å². The zero-order valence-electron chi connectivity index (χ0n) is 14.0. The Morgan fingerprint density at radius 3 is 2.71 bits per heavy atom. The first-order valence-corrected chi connectivity index (χ1v) is 8.11. The number of nitrogens with zero attached hydrogens (tertiary/aromatic N) is 1. The summed E-state index contributed by atoms with van der Waals surface area (Å²) >= 11 is 0. The van der Waals surface area contributed by atoms with Crippen LogP contribution < -0.4 is 15.5 Å². The molecule has 0 saturated carbocycles. The van der Waals surface area contributed by atoms with E-state index in [-0.39, 0.29) is 24.9 Å². The largest absolute Gasteiger partial charge is 0.394 e. The van der Waals surface area contributed by atoms with E-state index in [1.165, 1.54) is 0 Å². The predicted octanol–water partition coefficient (Wildman–Crippen LogP) is 0.168. The van der Waals surface area contributed by atoms with Crippen molar-refractivity contribution in [2.45, 2.75) is 38.0 Å². The molecule has 2 amide bonds. The Morgan fingerprint density at radius 1 is 1.38 bits per heavy atom. The highest BCUT2D eigenvalue weighted by atomic mass is 16.3. The van der Waals surface area contributed by atoms with Gasteiger partial charge >= 0.3 is 0 Å². The molecule has 7 nitrogen and oxygen atoms in total. The average molecular weight is 333 g/mol. The third-order valence-corrected chi connectivity index (χ3v) is 4.89. The van der Waals surface area contributed by atoms with Crippen LogP contribution in [0.4, 0.5) is 11.4 Å². The maximum atomic E-state index is 12.7. The molecule has 0 fully saturated rings. The van der Waals surface area contributed by atoms with Gasteiger partial charge in [-0.2, -0.15) is 0 Å². The molecule has 24 heavy (non-hydrogen) atoms. The van der Waals surface area contributed by atoms with E-state index < -0.39 is 23.6 Å². The molecule has 0 radical (unpaired) electrons. The van der Waals surface area contributed by atoms with Crippen LogP contribution in [0.2, 0.25) is 0 Å². The van der Waals surface area contributed by atoms with Crippen molar-refractivity contribution in [1.82, 2.24) is 5.32 Å². The summed E-state index contributed by atoms with van der Waals surface area (Å²) in [5.41, 5.74) is -0.133. The van der Waals surface area contributed by atoms with Gasteiger partial charge in [-0.1, -0.05) is 19.9 Å². The maximum Gasteiger partial charge on any atom is 0.261 e. The molecule has 3 atom stereocenters. The SMILES string of the molecule is CC(C)[C@H]1C(=O)N[C@H](CO)C[C@@]2(O)C(=O)Nc3cccc(c32)N1C. The van der Waals surface area contributed by atoms with Crippen LogP contribution in [0.25, 0.3) is 0 Å². The number of aliphatic hydroxyl groups excluding tert-OH is 1. The molecule has 0 aliphatic carbocycles. The summed E-state index contributed by atoms with van der Waals surface area (Å²) in [6.07, 6.45) is -0.0796. The first-order valence-electron chi connectivity index (χ1n) is 8.11. The van der Waals surface area contributed by atoms with Gasteiger partial charge in [-0.3, -0.25) is 9.59 Å². The molecule has 1 aromatic carbocycles. The fourth-order valence-corrected chi connectivity index (χ4v) is 3.79. The van der Waals surface area contributed by atoms with Crippen LogP contribution in [0.1, 0.15) is 25.8 Å². The summed E-state index contributed by atoms with van der Waals surface area (Å²) in [6.45, 7) is 3.52. The van der Waals surface area contributed by atoms with Crippen molar-refractivity contribution in [3.63, 3.8) is 0 Å². The lowest BCUT2D eigenvalue weighted by atomic mass is 9.87.